The lowest BCUT2D eigenvalue weighted by molar-refractivity contribution is 0.127. The van der Waals surface area contributed by atoms with Gasteiger partial charge in [-0.2, -0.15) is 0 Å². The van der Waals surface area contributed by atoms with Crippen LogP contribution in [0.2, 0.25) is 0 Å². The van der Waals surface area contributed by atoms with E-state index in [1.165, 1.54) is 19.3 Å². The molecule has 0 aromatic carbocycles. The molecule has 0 saturated heterocycles. The van der Waals surface area contributed by atoms with E-state index in [0.717, 1.165) is 26.2 Å². The molecule has 3 nitrogen and oxygen atoms in total. The summed E-state index contributed by atoms with van der Waals surface area (Å²) >= 11 is 0. The highest BCUT2D eigenvalue weighted by molar-refractivity contribution is 4.45. The molecular weight excluding hydrogens is 166 g/mol. The number of aliphatic hydroxyl groups is 1. The summed E-state index contributed by atoms with van der Waals surface area (Å²) in [6.45, 7) is 5.77. The first-order valence-corrected chi connectivity index (χ1v) is 5.31. The summed E-state index contributed by atoms with van der Waals surface area (Å²) in [7, 11) is 0. The minimum absolute atomic E-state index is 0.220. The first-order valence-electron chi connectivity index (χ1n) is 5.31. The lowest BCUT2D eigenvalue weighted by atomic mass is 10.3. The van der Waals surface area contributed by atoms with Crippen molar-refractivity contribution in [3.05, 3.63) is 0 Å². The van der Waals surface area contributed by atoms with Crippen molar-refractivity contribution < 1.29 is 9.84 Å². The predicted octanol–water partition coefficient (Wildman–Crippen LogP) is 1.17. The first-order chi connectivity index (χ1) is 6.41. The topological polar surface area (TPSA) is 41.5 Å². The number of ether oxygens (including phenoxy) is 1. The summed E-state index contributed by atoms with van der Waals surface area (Å²) in [5.41, 5.74) is 0. The fourth-order valence-corrected chi connectivity index (χ4v) is 1.06. The normalized spacial score (nSPS) is 10.6. The third-order valence-corrected chi connectivity index (χ3v) is 1.82. The zero-order valence-corrected chi connectivity index (χ0v) is 8.72. The number of rotatable bonds is 10. The standard InChI is InChI=1S/C10H23NO2/c1-2-3-4-9-13-10-5-6-11-7-8-12/h11-12H,2-10H2,1H3. The predicted molar refractivity (Wildman–Crippen MR) is 54.9 cm³/mol. The van der Waals surface area contributed by atoms with Crippen LogP contribution < -0.4 is 5.32 Å². The zero-order valence-electron chi connectivity index (χ0n) is 8.72. The second-order valence-corrected chi connectivity index (χ2v) is 3.15. The van der Waals surface area contributed by atoms with Gasteiger partial charge in [0.15, 0.2) is 0 Å². The summed E-state index contributed by atoms with van der Waals surface area (Å²) in [6.07, 6.45) is 4.73. The second kappa shape index (κ2) is 11.9. The van der Waals surface area contributed by atoms with Crippen molar-refractivity contribution in [3.8, 4) is 0 Å². The lowest BCUT2D eigenvalue weighted by Gasteiger charge is -2.04. The van der Waals surface area contributed by atoms with Gasteiger partial charge in [0.2, 0.25) is 0 Å². The molecule has 0 heterocycles. The van der Waals surface area contributed by atoms with Crippen LogP contribution in [0.1, 0.15) is 32.6 Å². The molecule has 0 fully saturated rings. The molecule has 80 valence electrons. The highest BCUT2D eigenvalue weighted by Gasteiger charge is 1.89. The van der Waals surface area contributed by atoms with Gasteiger partial charge in [-0.1, -0.05) is 19.8 Å². The SMILES string of the molecule is CCCCCOCCCNCCO. The Bertz CT molecular complexity index is 79.0. The van der Waals surface area contributed by atoms with E-state index >= 15 is 0 Å². The Morgan fingerprint density at radius 2 is 1.85 bits per heavy atom. The van der Waals surface area contributed by atoms with Crippen LogP contribution in [0.15, 0.2) is 0 Å². The number of aliphatic hydroxyl groups excluding tert-OH is 1. The summed E-state index contributed by atoms with van der Waals surface area (Å²) in [5, 5.41) is 11.6. The smallest absolute Gasteiger partial charge is 0.0555 e. The molecule has 0 atom stereocenters. The molecule has 3 heteroatoms. The maximum atomic E-state index is 8.47. The average molecular weight is 189 g/mol. The fourth-order valence-electron chi connectivity index (χ4n) is 1.06. The minimum atomic E-state index is 0.220. The van der Waals surface area contributed by atoms with E-state index in [1.807, 2.05) is 0 Å². The van der Waals surface area contributed by atoms with Gasteiger partial charge in [0.1, 0.15) is 0 Å². The van der Waals surface area contributed by atoms with Gasteiger partial charge in [-0.15, -0.1) is 0 Å². The van der Waals surface area contributed by atoms with Gasteiger partial charge < -0.3 is 15.2 Å². The maximum Gasteiger partial charge on any atom is 0.0555 e. The Balaban J connectivity index is 2.76. The van der Waals surface area contributed by atoms with E-state index < -0.39 is 0 Å². The van der Waals surface area contributed by atoms with Gasteiger partial charge in [-0.25, -0.2) is 0 Å². The highest BCUT2D eigenvalue weighted by Crippen LogP contribution is 1.94. The molecule has 0 aliphatic heterocycles. The van der Waals surface area contributed by atoms with E-state index in [0.29, 0.717) is 6.54 Å². The molecule has 0 spiro atoms. The zero-order chi connectivity index (χ0) is 9.78. The van der Waals surface area contributed by atoms with Gasteiger partial charge >= 0.3 is 0 Å². The van der Waals surface area contributed by atoms with Gasteiger partial charge in [0.25, 0.3) is 0 Å². The third kappa shape index (κ3) is 11.9. The van der Waals surface area contributed by atoms with Crippen LogP contribution in [-0.2, 0) is 4.74 Å². The summed E-state index contributed by atoms with van der Waals surface area (Å²) in [4.78, 5) is 0. The quantitative estimate of drug-likeness (QED) is 0.507. The first kappa shape index (κ1) is 12.9. The van der Waals surface area contributed by atoms with Crippen molar-refractivity contribution in [2.45, 2.75) is 32.6 Å². The van der Waals surface area contributed by atoms with Crippen LogP contribution in [0.3, 0.4) is 0 Å². The fraction of sp³-hybridized carbons (Fsp3) is 1.00. The number of hydrogen-bond donors (Lipinski definition) is 2. The molecular formula is C10H23NO2. The van der Waals surface area contributed by atoms with Gasteiger partial charge in [0.05, 0.1) is 6.61 Å². The molecule has 0 aromatic rings. The maximum absolute atomic E-state index is 8.47. The molecule has 0 aromatic heterocycles. The van der Waals surface area contributed by atoms with E-state index in [2.05, 4.69) is 12.2 Å². The Kier molecular flexibility index (Phi) is 11.8. The van der Waals surface area contributed by atoms with Crippen LogP contribution in [0.5, 0.6) is 0 Å². The van der Waals surface area contributed by atoms with Gasteiger partial charge in [-0.3, -0.25) is 0 Å². The molecule has 2 N–H and O–H groups in total. The summed E-state index contributed by atoms with van der Waals surface area (Å²) in [6, 6.07) is 0. The third-order valence-electron chi connectivity index (χ3n) is 1.82. The van der Waals surface area contributed by atoms with Crippen LogP contribution in [0.25, 0.3) is 0 Å². The van der Waals surface area contributed by atoms with E-state index in [4.69, 9.17) is 9.84 Å². The number of hydrogen-bond acceptors (Lipinski definition) is 3. The molecule has 0 radical (unpaired) electrons. The second-order valence-electron chi connectivity index (χ2n) is 3.15. The van der Waals surface area contributed by atoms with E-state index in [9.17, 15) is 0 Å². The molecule has 0 unspecified atom stereocenters. The molecule has 0 amide bonds. The van der Waals surface area contributed by atoms with E-state index in [1.54, 1.807) is 0 Å². The average Bonchev–Trinajstić information content (AvgIpc) is 2.16. The van der Waals surface area contributed by atoms with Crippen molar-refractivity contribution >= 4 is 0 Å². The molecule has 0 rings (SSSR count). The molecule has 0 aliphatic rings. The lowest BCUT2D eigenvalue weighted by Crippen LogP contribution is -2.20. The molecule has 13 heavy (non-hydrogen) atoms. The van der Waals surface area contributed by atoms with Crippen LogP contribution >= 0.6 is 0 Å². The Hall–Kier alpha value is -0.120. The Morgan fingerprint density at radius 3 is 2.54 bits per heavy atom. The van der Waals surface area contributed by atoms with Gasteiger partial charge in [0, 0.05) is 19.8 Å². The number of unbranched alkanes of at least 4 members (excludes halogenated alkanes) is 2. The van der Waals surface area contributed by atoms with Crippen LogP contribution in [0, 0.1) is 0 Å². The molecule has 0 bridgehead atoms. The largest absolute Gasteiger partial charge is 0.395 e. The molecule has 0 saturated carbocycles. The Morgan fingerprint density at radius 1 is 1.08 bits per heavy atom. The summed E-state index contributed by atoms with van der Waals surface area (Å²) < 4.78 is 5.41. The van der Waals surface area contributed by atoms with Crippen molar-refractivity contribution in [2.75, 3.05) is 32.9 Å². The van der Waals surface area contributed by atoms with Crippen molar-refractivity contribution in [1.29, 1.82) is 0 Å². The molecule has 0 aliphatic carbocycles. The van der Waals surface area contributed by atoms with Crippen LogP contribution in [0.4, 0.5) is 0 Å². The number of nitrogens with one attached hydrogen (secondary N) is 1. The van der Waals surface area contributed by atoms with E-state index in [-0.39, 0.29) is 6.61 Å². The van der Waals surface area contributed by atoms with Crippen molar-refractivity contribution in [3.63, 3.8) is 0 Å². The summed E-state index contributed by atoms with van der Waals surface area (Å²) in [5.74, 6) is 0. The van der Waals surface area contributed by atoms with Gasteiger partial charge in [-0.05, 0) is 19.4 Å². The minimum Gasteiger partial charge on any atom is -0.395 e. The van der Waals surface area contributed by atoms with Crippen molar-refractivity contribution in [1.82, 2.24) is 5.32 Å². The Labute approximate surface area is 81.5 Å². The highest BCUT2D eigenvalue weighted by atomic mass is 16.5. The van der Waals surface area contributed by atoms with Crippen LogP contribution in [-0.4, -0.2) is 38.0 Å². The monoisotopic (exact) mass is 189 g/mol. The van der Waals surface area contributed by atoms with Crippen molar-refractivity contribution in [2.24, 2.45) is 0 Å².